The van der Waals surface area contributed by atoms with Crippen LogP contribution in [0, 0.1) is 17.8 Å². The van der Waals surface area contributed by atoms with Gasteiger partial charge in [-0.25, -0.2) is 0 Å². The van der Waals surface area contributed by atoms with Crippen molar-refractivity contribution >= 4 is 0 Å². The molecule has 2 nitrogen and oxygen atoms in total. The summed E-state index contributed by atoms with van der Waals surface area (Å²) in [4.78, 5) is 0. The van der Waals surface area contributed by atoms with Crippen molar-refractivity contribution in [1.29, 1.82) is 0 Å². The van der Waals surface area contributed by atoms with Gasteiger partial charge in [0.15, 0.2) is 0 Å². The Balaban J connectivity index is 1.63. The van der Waals surface area contributed by atoms with E-state index in [1.807, 2.05) is 0 Å². The third kappa shape index (κ3) is 2.92. The van der Waals surface area contributed by atoms with Gasteiger partial charge < -0.3 is 10.5 Å². The molecular weight excluding hydrogens is 246 g/mol. The van der Waals surface area contributed by atoms with Gasteiger partial charge in [0.1, 0.15) is 0 Å². The van der Waals surface area contributed by atoms with Crippen LogP contribution in [0.3, 0.4) is 0 Å². The van der Waals surface area contributed by atoms with Gasteiger partial charge in [-0.2, -0.15) is 0 Å². The minimum Gasteiger partial charge on any atom is -0.374 e. The lowest BCUT2D eigenvalue weighted by Crippen LogP contribution is -2.51. The van der Waals surface area contributed by atoms with Gasteiger partial charge in [0.2, 0.25) is 0 Å². The number of fused-ring (bicyclic) bond motifs is 2. The van der Waals surface area contributed by atoms with Gasteiger partial charge in [-0.05, 0) is 63.2 Å². The van der Waals surface area contributed by atoms with Crippen LogP contribution in [0.2, 0.25) is 0 Å². The quantitative estimate of drug-likeness (QED) is 0.763. The molecule has 0 heterocycles. The molecule has 0 aromatic rings. The molecule has 116 valence electrons. The molecule has 4 unspecified atom stereocenters. The molecule has 3 saturated carbocycles. The lowest BCUT2D eigenvalue weighted by molar-refractivity contribution is -0.0740. The van der Waals surface area contributed by atoms with E-state index in [0.29, 0.717) is 0 Å². The van der Waals surface area contributed by atoms with E-state index in [9.17, 15) is 0 Å². The third-order valence-corrected chi connectivity index (χ3v) is 6.50. The monoisotopic (exact) mass is 279 g/mol. The maximum absolute atomic E-state index is 6.73. The molecule has 0 spiro atoms. The van der Waals surface area contributed by atoms with Crippen molar-refractivity contribution in [2.45, 2.75) is 89.2 Å². The summed E-state index contributed by atoms with van der Waals surface area (Å²) in [5.74, 6) is 2.94. The Morgan fingerprint density at radius 3 is 2.40 bits per heavy atom. The van der Waals surface area contributed by atoms with Crippen LogP contribution in [-0.4, -0.2) is 18.2 Å². The van der Waals surface area contributed by atoms with Crippen molar-refractivity contribution in [3.05, 3.63) is 0 Å². The second kappa shape index (κ2) is 6.36. The number of nitrogens with two attached hydrogens (primary N) is 1. The minimum atomic E-state index is 0.00703. The maximum atomic E-state index is 6.73. The fourth-order valence-corrected chi connectivity index (χ4v) is 5.44. The van der Waals surface area contributed by atoms with Gasteiger partial charge in [0, 0.05) is 12.6 Å². The van der Waals surface area contributed by atoms with Crippen LogP contribution >= 0.6 is 0 Å². The molecular formula is C18H33NO. The Labute approximate surface area is 124 Å². The second-order valence-electron chi connectivity index (χ2n) is 7.69. The largest absolute Gasteiger partial charge is 0.374 e. The molecule has 2 N–H and O–H groups in total. The minimum absolute atomic E-state index is 0.00703. The maximum Gasteiger partial charge on any atom is 0.0832 e. The summed E-state index contributed by atoms with van der Waals surface area (Å²) in [7, 11) is 0. The molecule has 0 aromatic heterocycles. The van der Waals surface area contributed by atoms with Crippen molar-refractivity contribution in [3.63, 3.8) is 0 Å². The van der Waals surface area contributed by atoms with Crippen molar-refractivity contribution in [1.82, 2.24) is 0 Å². The number of hydrogen-bond acceptors (Lipinski definition) is 2. The zero-order valence-electron chi connectivity index (χ0n) is 13.3. The van der Waals surface area contributed by atoms with Crippen LogP contribution in [0.15, 0.2) is 0 Å². The molecule has 0 amide bonds. The Morgan fingerprint density at radius 2 is 1.85 bits per heavy atom. The molecule has 3 aliphatic carbocycles. The van der Waals surface area contributed by atoms with Gasteiger partial charge in [-0.15, -0.1) is 0 Å². The van der Waals surface area contributed by atoms with E-state index < -0.39 is 0 Å². The first-order valence-corrected chi connectivity index (χ1v) is 9.13. The Morgan fingerprint density at radius 1 is 1.10 bits per heavy atom. The van der Waals surface area contributed by atoms with E-state index in [1.165, 1.54) is 70.6 Å². The topological polar surface area (TPSA) is 35.2 Å². The first-order valence-electron chi connectivity index (χ1n) is 9.13. The van der Waals surface area contributed by atoms with Crippen molar-refractivity contribution in [2.24, 2.45) is 23.5 Å². The lowest BCUT2D eigenvalue weighted by atomic mass is 9.77. The van der Waals surface area contributed by atoms with Gasteiger partial charge in [-0.1, -0.05) is 32.1 Å². The first kappa shape index (κ1) is 14.8. The summed E-state index contributed by atoms with van der Waals surface area (Å²) in [5.41, 5.74) is 6.73. The Kier molecular flexibility index (Phi) is 4.72. The van der Waals surface area contributed by atoms with E-state index in [-0.39, 0.29) is 11.6 Å². The summed E-state index contributed by atoms with van der Waals surface area (Å²) >= 11 is 0. The highest BCUT2D eigenvalue weighted by molar-refractivity contribution is 4.98. The van der Waals surface area contributed by atoms with Gasteiger partial charge in [0.05, 0.1) is 5.60 Å². The van der Waals surface area contributed by atoms with Crippen molar-refractivity contribution in [3.8, 4) is 0 Å². The molecule has 0 saturated heterocycles. The van der Waals surface area contributed by atoms with E-state index in [1.54, 1.807) is 0 Å². The van der Waals surface area contributed by atoms with Crippen LogP contribution < -0.4 is 5.73 Å². The number of rotatable bonds is 5. The predicted octanol–water partition coefficient (Wildman–Crippen LogP) is 4.27. The second-order valence-corrected chi connectivity index (χ2v) is 7.69. The summed E-state index contributed by atoms with van der Waals surface area (Å²) in [5, 5.41) is 0. The van der Waals surface area contributed by atoms with Crippen LogP contribution in [0.25, 0.3) is 0 Å². The third-order valence-electron chi connectivity index (χ3n) is 6.50. The summed E-state index contributed by atoms with van der Waals surface area (Å²) in [6.45, 7) is 2.96. The molecule has 0 radical (unpaired) electrons. The molecule has 2 bridgehead atoms. The fourth-order valence-electron chi connectivity index (χ4n) is 5.44. The smallest absolute Gasteiger partial charge is 0.0832 e. The zero-order chi connectivity index (χ0) is 14.0. The molecule has 3 rings (SSSR count). The molecule has 20 heavy (non-hydrogen) atoms. The number of hydrogen-bond donors (Lipinski definition) is 1. The van der Waals surface area contributed by atoms with E-state index >= 15 is 0 Å². The van der Waals surface area contributed by atoms with E-state index in [0.717, 1.165) is 24.4 Å². The SMILES string of the molecule is CCOC1(C(N)CC2CC3CCC2C3)CCCCCC1. The molecule has 0 aliphatic heterocycles. The highest BCUT2D eigenvalue weighted by Gasteiger charge is 2.44. The lowest BCUT2D eigenvalue weighted by Gasteiger charge is -2.40. The Hall–Kier alpha value is -0.0800. The number of ether oxygens (including phenoxy) is 1. The van der Waals surface area contributed by atoms with Crippen LogP contribution in [0.5, 0.6) is 0 Å². The molecule has 0 aromatic carbocycles. The highest BCUT2D eigenvalue weighted by Crippen LogP contribution is 2.50. The predicted molar refractivity (Wildman–Crippen MR) is 83.6 cm³/mol. The average Bonchev–Trinajstić information content (AvgIpc) is 2.96. The van der Waals surface area contributed by atoms with Gasteiger partial charge >= 0.3 is 0 Å². The zero-order valence-corrected chi connectivity index (χ0v) is 13.3. The van der Waals surface area contributed by atoms with Gasteiger partial charge in [-0.3, -0.25) is 0 Å². The Bertz CT molecular complexity index is 309. The normalized spacial score (nSPS) is 37.8. The van der Waals surface area contributed by atoms with Crippen LogP contribution in [0.4, 0.5) is 0 Å². The summed E-state index contributed by atoms with van der Waals surface area (Å²) in [6.07, 6.45) is 14.9. The standard InChI is InChI=1S/C18H33NO/c1-2-20-18(9-5-3-4-6-10-18)17(19)13-16-12-14-7-8-15(16)11-14/h14-17H,2-13,19H2,1H3. The van der Waals surface area contributed by atoms with E-state index in [4.69, 9.17) is 10.5 Å². The van der Waals surface area contributed by atoms with Crippen molar-refractivity contribution in [2.75, 3.05) is 6.61 Å². The van der Waals surface area contributed by atoms with Crippen LogP contribution in [-0.2, 0) is 4.74 Å². The summed E-state index contributed by atoms with van der Waals surface area (Å²) in [6, 6.07) is 0.268. The van der Waals surface area contributed by atoms with Crippen molar-refractivity contribution < 1.29 is 4.74 Å². The average molecular weight is 279 g/mol. The molecule has 3 aliphatic rings. The van der Waals surface area contributed by atoms with E-state index in [2.05, 4.69) is 6.92 Å². The first-order chi connectivity index (χ1) is 9.73. The molecule has 3 fully saturated rings. The summed E-state index contributed by atoms with van der Waals surface area (Å²) < 4.78 is 6.28. The molecule has 2 heteroatoms. The highest BCUT2D eigenvalue weighted by atomic mass is 16.5. The van der Waals surface area contributed by atoms with Crippen LogP contribution in [0.1, 0.15) is 77.6 Å². The fraction of sp³-hybridized carbons (Fsp3) is 1.00. The van der Waals surface area contributed by atoms with Gasteiger partial charge in [0.25, 0.3) is 0 Å². The molecule has 4 atom stereocenters.